The van der Waals surface area contributed by atoms with E-state index in [1.165, 1.54) is 0 Å². The number of nitrogens with two attached hydrogens (primary N) is 3. The van der Waals surface area contributed by atoms with Gasteiger partial charge in [0.25, 0.3) is 0 Å². The normalized spacial score (nSPS) is 14.2. The Bertz CT molecular complexity index is 697. The Hall–Kier alpha value is -2.56. The van der Waals surface area contributed by atoms with E-state index in [1.807, 2.05) is 6.07 Å². The number of pyridine rings is 1. The second kappa shape index (κ2) is 11.3. The zero-order valence-corrected chi connectivity index (χ0v) is 15.6. The minimum absolute atomic E-state index is 0.219. The third-order valence-electron chi connectivity index (χ3n) is 4.47. The fourth-order valence-corrected chi connectivity index (χ4v) is 2.66. The number of hydrogen-bond donors (Lipinski definition) is 6. The van der Waals surface area contributed by atoms with Crippen molar-refractivity contribution in [1.82, 2.24) is 4.98 Å². The number of aliphatic carboxylic acids is 3. The van der Waals surface area contributed by atoms with Crippen LogP contribution in [0, 0.1) is 0 Å². The minimum atomic E-state index is -1.09. The predicted octanol–water partition coefficient (Wildman–Crippen LogP) is -0.495. The van der Waals surface area contributed by atoms with Crippen LogP contribution >= 0.6 is 0 Å². The molecule has 28 heavy (non-hydrogen) atoms. The lowest BCUT2D eigenvalue weighted by Gasteiger charge is -2.14. The molecule has 0 aromatic carbocycles. The number of carboxylic acid groups (broad SMARTS) is 3. The zero-order chi connectivity index (χ0) is 21.3. The van der Waals surface area contributed by atoms with Crippen LogP contribution in [0.2, 0.25) is 0 Å². The fourth-order valence-electron chi connectivity index (χ4n) is 2.66. The van der Waals surface area contributed by atoms with Crippen LogP contribution in [0.25, 0.3) is 0 Å². The van der Waals surface area contributed by atoms with Crippen molar-refractivity contribution in [2.75, 3.05) is 0 Å². The second-order valence-corrected chi connectivity index (χ2v) is 6.75. The Morgan fingerprint density at radius 2 is 1.32 bits per heavy atom. The molecule has 0 aliphatic rings. The van der Waals surface area contributed by atoms with E-state index in [2.05, 4.69) is 4.98 Å². The van der Waals surface area contributed by atoms with Crippen LogP contribution in [-0.2, 0) is 33.6 Å². The van der Waals surface area contributed by atoms with Gasteiger partial charge >= 0.3 is 17.9 Å². The van der Waals surface area contributed by atoms with E-state index < -0.39 is 36.0 Å². The van der Waals surface area contributed by atoms with E-state index in [1.54, 1.807) is 6.20 Å². The number of rotatable bonds is 13. The van der Waals surface area contributed by atoms with Crippen molar-refractivity contribution in [3.8, 4) is 0 Å². The number of aryl methyl sites for hydroxylation is 3. The van der Waals surface area contributed by atoms with Crippen molar-refractivity contribution < 1.29 is 29.7 Å². The molecule has 1 aromatic heterocycles. The molecule has 3 atom stereocenters. The summed E-state index contributed by atoms with van der Waals surface area (Å²) in [6.07, 6.45) is 4.20. The lowest BCUT2D eigenvalue weighted by molar-refractivity contribution is -0.139. The average Bonchev–Trinajstić information content (AvgIpc) is 2.64. The highest BCUT2D eigenvalue weighted by molar-refractivity contribution is 5.73. The Labute approximate surface area is 162 Å². The van der Waals surface area contributed by atoms with Gasteiger partial charge in [-0.2, -0.15) is 0 Å². The van der Waals surface area contributed by atoms with E-state index in [9.17, 15) is 14.4 Å². The summed E-state index contributed by atoms with van der Waals surface area (Å²) in [4.78, 5) is 37.0. The van der Waals surface area contributed by atoms with Gasteiger partial charge in [0.2, 0.25) is 0 Å². The average molecular weight is 396 g/mol. The molecular weight excluding hydrogens is 368 g/mol. The fraction of sp³-hybridized carbons (Fsp3) is 0.556. The first-order valence-corrected chi connectivity index (χ1v) is 9.03. The van der Waals surface area contributed by atoms with Crippen molar-refractivity contribution in [1.29, 1.82) is 0 Å². The molecule has 0 aliphatic carbocycles. The number of aromatic nitrogens is 1. The number of nitrogens with zero attached hydrogens (tertiary/aromatic N) is 1. The highest BCUT2D eigenvalue weighted by atomic mass is 16.4. The van der Waals surface area contributed by atoms with Crippen LogP contribution in [0.1, 0.15) is 42.5 Å². The molecule has 9 N–H and O–H groups in total. The van der Waals surface area contributed by atoms with E-state index in [0.29, 0.717) is 32.1 Å². The summed E-state index contributed by atoms with van der Waals surface area (Å²) in [6.45, 7) is 0. The smallest absolute Gasteiger partial charge is 0.320 e. The number of carbonyl (C=O) groups is 3. The molecule has 10 heteroatoms. The molecule has 0 fully saturated rings. The van der Waals surface area contributed by atoms with Crippen LogP contribution in [-0.4, -0.2) is 56.3 Å². The summed E-state index contributed by atoms with van der Waals surface area (Å²) in [7, 11) is 0. The molecule has 0 spiro atoms. The molecular formula is C18H28N4O6. The van der Waals surface area contributed by atoms with Gasteiger partial charge in [0.15, 0.2) is 0 Å². The summed E-state index contributed by atoms with van der Waals surface area (Å²) >= 11 is 0. The van der Waals surface area contributed by atoms with Gasteiger partial charge < -0.3 is 32.5 Å². The molecule has 0 bridgehead atoms. The second-order valence-electron chi connectivity index (χ2n) is 6.75. The molecule has 0 aliphatic heterocycles. The quantitative estimate of drug-likeness (QED) is 0.252. The van der Waals surface area contributed by atoms with Gasteiger partial charge in [-0.3, -0.25) is 19.4 Å². The molecule has 1 rings (SSSR count). The highest BCUT2D eigenvalue weighted by Crippen LogP contribution is 2.17. The van der Waals surface area contributed by atoms with Crippen molar-refractivity contribution in [3.63, 3.8) is 0 Å². The largest absolute Gasteiger partial charge is 0.480 e. The van der Waals surface area contributed by atoms with Gasteiger partial charge in [0.1, 0.15) is 18.1 Å². The lowest BCUT2D eigenvalue weighted by atomic mass is 9.97. The third kappa shape index (κ3) is 7.99. The number of carboxylic acids is 3. The van der Waals surface area contributed by atoms with Gasteiger partial charge in [0.05, 0.1) is 0 Å². The van der Waals surface area contributed by atoms with Gasteiger partial charge in [0, 0.05) is 11.9 Å². The lowest BCUT2D eigenvalue weighted by Crippen LogP contribution is -2.31. The molecule has 10 nitrogen and oxygen atoms in total. The molecule has 0 saturated carbocycles. The molecule has 156 valence electrons. The number of hydrogen-bond acceptors (Lipinski definition) is 7. The van der Waals surface area contributed by atoms with Gasteiger partial charge in [-0.1, -0.05) is 6.07 Å². The maximum atomic E-state index is 10.9. The van der Waals surface area contributed by atoms with E-state index in [-0.39, 0.29) is 12.8 Å². The summed E-state index contributed by atoms with van der Waals surface area (Å²) in [6, 6.07) is -1.07. The van der Waals surface area contributed by atoms with Crippen molar-refractivity contribution in [3.05, 3.63) is 29.1 Å². The maximum Gasteiger partial charge on any atom is 0.320 e. The van der Waals surface area contributed by atoms with E-state index >= 15 is 0 Å². The third-order valence-corrected chi connectivity index (χ3v) is 4.47. The SMILES string of the molecule is NC(CCCc1ncc(CCC(N)C(=O)O)cc1CCC(N)C(=O)O)C(=O)O. The summed E-state index contributed by atoms with van der Waals surface area (Å²) in [5, 5.41) is 26.7. The molecule has 3 unspecified atom stereocenters. The Balaban J connectivity index is 2.85. The van der Waals surface area contributed by atoms with E-state index in [0.717, 1.165) is 16.8 Å². The maximum absolute atomic E-state index is 10.9. The highest BCUT2D eigenvalue weighted by Gasteiger charge is 2.16. The van der Waals surface area contributed by atoms with Crippen LogP contribution in [0.5, 0.6) is 0 Å². The van der Waals surface area contributed by atoms with E-state index in [4.69, 9.17) is 32.5 Å². The molecule has 0 amide bonds. The monoisotopic (exact) mass is 396 g/mol. The first kappa shape index (κ1) is 23.5. The van der Waals surface area contributed by atoms with Crippen LogP contribution in [0.15, 0.2) is 12.3 Å². The summed E-state index contributed by atoms with van der Waals surface area (Å²) in [5.41, 5.74) is 18.9. The Morgan fingerprint density at radius 1 is 0.821 bits per heavy atom. The van der Waals surface area contributed by atoms with Gasteiger partial charge in [-0.15, -0.1) is 0 Å². The summed E-state index contributed by atoms with van der Waals surface area (Å²) < 4.78 is 0. The molecule has 0 radical (unpaired) electrons. The van der Waals surface area contributed by atoms with Gasteiger partial charge in [-0.05, 0) is 56.1 Å². The van der Waals surface area contributed by atoms with Crippen LogP contribution in [0.3, 0.4) is 0 Å². The summed E-state index contributed by atoms with van der Waals surface area (Å²) in [5.74, 6) is -3.23. The van der Waals surface area contributed by atoms with Crippen molar-refractivity contribution in [2.45, 2.75) is 63.1 Å². The first-order valence-electron chi connectivity index (χ1n) is 9.03. The Kier molecular flexibility index (Phi) is 9.49. The molecule has 1 aromatic rings. The molecule has 1 heterocycles. The van der Waals surface area contributed by atoms with Crippen molar-refractivity contribution in [2.24, 2.45) is 17.2 Å². The molecule has 0 saturated heterocycles. The predicted molar refractivity (Wildman–Crippen MR) is 101 cm³/mol. The standard InChI is InChI=1S/C18H28N4O6/c19-12(16(23)24)2-1-3-15-11(5-7-14(21)18(27)28)8-10(9-22-15)4-6-13(20)17(25)26/h8-9,12-14H,1-7,19-21H2,(H,23,24)(H,25,26)(H,27,28). The van der Waals surface area contributed by atoms with Crippen molar-refractivity contribution >= 4 is 17.9 Å². The minimum Gasteiger partial charge on any atom is -0.480 e. The van der Waals surface area contributed by atoms with Gasteiger partial charge in [-0.25, -0.2) is 0 Å². The topological polar surface area (TPSA) is 203 Å². The van der Waals surface area contributed by atoms with Crippen LogP contribution < -0.4 is 17.2 Å². The Morgan fingerprint density at radius 3 is 1.86 bits per heavy atom. The van der Waals surface area contributed by atoms with Crippen LogP contribution in [0.4, 0.5) is 0 Å². The zero-order valence-electron chi connectivity index (χ0n) is 15.6. The first-order chi connectivity index (χ1) is 13.1.